The highest BCUT2D eigenvalue weighted by Gasteiger charge is 2.41. The quantitative estimate of drug-likeness (QED) is 0.814. The van der Waals surface area contributed by atoms with Gasteiger partial charge in [0.15, 0.2) is 0 Å². The van der Waals surface area contributed by atoms with E-state index in [9.17, 15) is 4.79 Å². The number of anilines is 1. The smallest absolute Gasteiger partial charge is 0.263 e. The van der Waals surface area contributed by atoms with E-state index in [-0.39, 0.29) is 5.91 Å². The van der Waals surface area contributed by atoms with Crippen LogP contribution in [0.25, 0.3) is 10.1 Å². The number of benzene rings is 1. The topological polar surface area (TPSA) is 55.1 Å². The van der Waals surface area contributed by atoms with Crippen LogP contribution in [0.2, 0.25) is 0 Å². The molecule has 1 aliphatic carbocycles. The van der Waals surface area contributed by atoms with Crippen molar-refractivity contribution in [3.63, 3.8) is 0 Å². The first-order valence-electron chi connectivity index (χ1n) is 7.31. The molecule has 0 unspecified atom stereocenters. The lowest BCUT2D eigenvalue weighted by Gasteiger charge is -2.14. The summed E-state index contributed by atoms with van der Waals surface area (Å²) in [5, 5.41) is 4.03. The second-order valence-electron chi connectivity index (χ2n) is 5.89. The molecule has 112 valence electrons. The number of hydrogen-bond donors (Lipinski definition) is 2. The summed E-state index contributed by atoms with van der Waals surface area (Å²) in [6, 6.07) is 5.91. The number of amides is 1. The van der Waals surface area contributed by atoms with E-state index in [0.29, 0.717) is 16.0 Å². The Balaban J connectivity index is 1.79. The molecule has 1 saturated carbocycles. The number of hydrogen-bond acceptors (Lipinski definition) is 3. The van der Waals surface area contributed by atoms with E-state index in [2.05, 4.69) is 28.2 Å². The fourth-order valence-corrected chi connectivity index (χ4v) is 4.64. The second-order valence-corrected chi connectivity index (χ2v) is 7.80. The van der Waals surface area contributed by atoms with Gasteiger partial charge in [-0.3, -0.25) is 4.79 Å². The Morgan fingerprint density at radius 2 is 2.24 bits per heavy atom. The Morgan fingerprint density at radius 3 is 2.86 bits per heavy atom. The predicted molar refractivity (Wildman–Crippen MR) is 92.8 cm³/mol. The number of nitrogens with two attached hydrogens (primary N) is 1. The summed E-state index contributed by atoms with van der Waals surface area (Å²) in [5.41, 5.74) is 7.12. The average molecular weight is 367 g/mol. The molecule has 3 N–H and O–H groups in total. The zero-order valence-corrected chi connectivity index (χ0v) is 14.4. The van der Waals surface area contributed by atoms with Crippen LogP contribution in [0.15, 0.2) is 22.7 Å². The van der Waals surface area contributed by atoms with E-state index >= 15 is 0 Å². The van der Waals surface area contributed by atoms with Crippen molar-refractivity contribution in [3.05, 3.63) is 27.5 Å². The second kappa shape index (κ2) is 5.61. The lowest BCUT2D eigenvalue weighted by molar-refractivity contribution is 0.0948. The molecule has 0 aliphatic heterocycles. The van der Waals surface area contributed by atoms with Crippen LogP contribution >= 0.6 is 27.3 Å². The third-order valence-electron chi connectivity index (χ3n) is 4.27. The molecule has 0 atom stereocenters. The Hall–Kier alpha value is -1.07. The van der Waals surface area contributed by atoms with Crippen LogP contribution in [0.1, 0.15) is 42.3 Å². The Labute approximate surface area is 137 Å². The van der Waals surface area contributed by atoms with Crippen LogP contribution in [0, 0.1) is 5.41 Å². The van der Waals surface area contributed by atoms with Crippen LogP contribution in [0.5, 0.6) is 0 Å². The zero-order valence-electron chi connectivity index (χ0n) is 12.0. The van der Waals surface area contributed by atoms with E-state index in [1.165, 1.54) is 37.0 Å². The molecule has 21 heavy (non-hydrogen) atoms. The molecule has 1 fully saturated rings. The average Bonchev–Trinajstić information content (AvgIpc) is 3.14. The molecular formula is C16H19BrN2OS. The van der Waals surface area contributed by atoms with Crippen molar-refractivity contribution in [2.24, 2.45) is 5.41 Å². The van der Waals surface area contributed by atoms with Crippen molar-refractivity contribution >= 4 is 48.9 Å². The minimum atomic E-state index is -0.0389. The van der Waals surface area contributed by atoms with Gasteiger partial charge in [0, 0.05) is 21.1 Å². The molecule has 1 heterocycles. The van der Waals surface area contributed by atoms with E-state index < -0.39 is 0 Å². The molecule has 1 aliphatic rings. The highest BCUT2D eigenvalue weighted by atomic mass is 79.9. The summed E-state index contributed by atoms with van der Waals surface area (Å²) in [5.74, 6) is -0.0389. The minimum Gasteiger partial charge on any atom is -0.397 e. The van der Waals surface area contributed by atoms with Crippen LogP contribution in [0.3, 0.4) is 0 Å². The molecule has 1 aromatic heterocycles. The van der Waals surface area contributed by atoms with E-state index in [4.69, 9.17) is 5.73 Å². The molecule has 3 nitrogen and oxygen atoms in total. The predicted octanol–water partition coefficient (Wildman–Crippen LogP) is 4.56. The van der Waals surface area contributed by atoms with Crippen molar-refractivity contribution in [1.29, 1.82) is 0 Å². The van der Waals surface area contributed by atoms with Gasteiger partial charge in [-0.05, 0) is 36.8 Å². The number of thiophene rings is 1. The van der Waals surface area contributed by atoms with Gasteiger partial charge < -0.3 is 11.1 Å². The number of carbonyl (C=O) groups excluding carboxylic acids is 1. The fourth-order valence-electron chi connectivity index (χ4n) is 2.87. The summed E-state index contributed by atoms with van der Waals surface area (Å²) < 4.78 is 1.99. The van der Waals surface area contributed by atoms with Gasteiger partial charge in [0.25, 0.3) is 5.91 Å². The molecule has 0 radical (unpaired) electrons. The molecule has 0 spiro atoms. The molecule has 0 saturated heterocycles. The summed E-state index contributed by atoms with van der Waals surface area (Å²) >= 11 is 4.97. The number of nitrogen functional groups attached to an aromatic ring is 1. The lowest BCUT2D eigenvalue weighted by atomic mass is 10.0. The standard InChI is InChI=1S/C16H19BrN2OS/c1-2-6-16(7-8-16)9-19-15(20)14-13(18)12-10(17)4-3-5-11(12)21-14/h3-5H,2,6-9,18H2,1H3,(H,19,20). The first kappa shape index (κ1) is 14.9. The summed E-state index contributed by atoms with van der Waals surface area (Å²) in [6.07, 6.45) is 4.83. The monoisotopic (exact) mass is 366 g/mol. The minimum absolute atomic E-state index is 0.0389. The maximum Gasteiger partial charge on any atom is 0.263 e. The maximum atomic E-state index is 12.4. The van der Waals surface area contributed by atoms with Gasteiger partial charge in [-0.25, -0.2) is 0 Å². The van der Waals surface area contributed by atoms with Crippen molar-refractivity contribution in [1.82, 2.24) is 5.32 Å². The van der Waals surface area contributed by atoms with E-state index in [1.807, 2.05) is 18.2 Å². The van der Waals surface area contributed by atoms with Crippen LogP contribution in [0.4, 0.5) is 5.69 Å². The van der Waals surface area contributed by atoms with Crippen LogP contribution < -0.4 is 11.1 Å². The first-order valence-corrected chi connectivity index (χ1v) is 8.92. The van der Waals surface area contributed by atoms with Gasteiger partial charge in [-0.15, -0.1) is 11.3 Å². The molecule has 1 amide bonds. The number of rotatable bonds is 5. The Kier molecular flexibility index (Phi) is 3.97. The number of halogens is 1. The number of nitrogens with one attached hydrogen (secondary N) is 1. The van der Waals surface area contributed by atoms with Gasteiger partial charge in [-0.2, -0.15) is 0 Å². The summed E-state index contributed by atoms with van der Waals surface area (Å²) in [7, 11) is 0. The lowest BCUT2D eigenvalue weighted by Crippen LogP contribution is -2.30. The molecular weight excluding hydrogens is 348 g/mol. The SMILES string of the molecule is CCCC1(CNC(=O)c2sc3cccc(Br)c3c2N)CC1. The Morgan fingerprint density at radius 1 is 1.48 bits per heavy atom. The van der Waals surface area contributed by atoms with Gasteiger partial charge in [0.05, 0.1) is 5.69 Å². The van der Waals surface area contributed by atoms with Crippen molar-refractivity contribution in [2.45, 2.75) is 32.6 Å². The van der Waals surface area contributed by atoms with Gasteiger partial charge in [0.1, 0.15) is 4.88 Å². The fraction of sp³-hybridized carbons (Fsp3) is 0.438. The van der Waals surface area contributed by atoms with Crippen LogP contribution in [-0.2, 0) is 0 Å². The van der Waals surface area contributed by atoms with E-state index in [0.717, 1.165) is 21.1 Å². The van der Waals surface area contributed by atoms with Crippen molar-refractivity contribution in [3.8, 4) is 0 Å². The largest absolute Gasteiger partial charge is 0.397 e. The normalized spacial score (nSPS) is 16.1. The van der Waals surface area contributed by atoms with Crippen molar-refractivity contribution < 1.29 is 4.79 Å². The molecule has 2 aromatic rings. The highest BCUT2D eigenvalue weighted by Crippen LogP contribution is 2.49. The van der Waals surface area contributed by atoms with Crippen LogP contribution in [-0.4, -0.2) is 12.5 Å². The van der Waals surface area contributed by atoms with Crippen molar-refractivity contribution in [2.75, 3.05) is 12.3 Å². The zero-order chi connectivity index (χ0) is 15.0. The summed E-state index contributed by atoms with van der Waals surface area (Å²) in [6.45, 7) is 2.97. The number of carbonyl (C=O) groups is 1. The number of fused-ring (bicyclic) bond motifs is 1. The third kappa shape index (κ3) is 2.81. The molecule has 5 heteroatoms. The maximum absolute atomic E-state index is 12.4. The molecule has 3 rings (SSSR count). The molecule has 0 bridgehead atoms. The molecule has 1 aromatic carbocycles. The van der Waals surface area contributed by atoms with Gasteiger partial charge >= 0.3 is 0 Å². The highest BCUT2D eigenvalue weighted by molar-refractivity contribution is 9.10. The first-order chi connectivity index (χ1) is 10.1. The van der Waals surface area contributed by atoms with E-state index in [1.54, 1.807) is 0 Å². The Bertz CT molecular complexity index is 691. The summed E-state index contributed by atoms with van der Waals surface area (Å²) in [4.78, 5) is 13.1. The van der Waals surface area contributed by atoms with Gasteiger partial charge in [0.2, 0.25) is 0 Å². The third-order valence-corrected chi connectivity index (χ3v) is 6.10. The van der Waals surface area contributed by atoms with Gasteiger partial charge in [-0.1, -0.05) is 35.3 Å².